The number of nitrogens with one attached hydrogen (secondary N) is 1. The van der Waals surface area contributed by atoms with Crippen LogP contribution in [0.4, 0.5) is 0 Å². The van der Waals surface area contributed by atoms with E-state index in [9.17, 15) is 4.79 Å². The summed E-state index contributed by atoms with van der Waals surface area (Å²) < 4.78 is 0. The summed E-state index contributed by atoms with van der Waals surface area (Å²) in [5.41, 5.74) is 5.00. The number of carbonyl (C=O) groups is 1. The molecular weight excluding hydrogens is 250 g/mol. The lowest BCUT2D eigenvalue weighted by Crippen LogP contribution is -2.57. The molecule has 0 aromatic carbocycles. The number of nitrogens with two attached hydrogens (primary N) is 1. The smallest absolute Gasteiger partial charge is 0.237 e. The lowest BCUT2D eigenvalue weighted by Gasteiger charge is -2.37. The van der Waals surface area contributed by atoms with Gasteiger partial charge < -0.3 is 16.0 Å². The highest BCUT2D eigenvalue weighted by molar-refractivity contribution is 5.84. The van der Waals surface area contributed by atoms with Crippen LogP contribution in [-0.4, -0.2) is 41.5 Å². The highest BCUT2D eigenvalue weighted by Crippen LogP contribution is 2.23. The Hall–Kier alpha value is -0.610. The second kappa shape index (κ2) is 7.99. The Morgan fingerprint density at radius 2 is 1.95 bits per heavy atom. The molecule has 1 aliphatic carbocycles. The fourth-order valence-corrected chi connectivity index (χ4v) is 3.32. The van der Waals surface area contributed by atoms with Crippen molar-refractivity contribution in [2.45, 2.75) is 83.8 Å². The summed E-state index contributed by atoms with van der Waals surface area (Å²) in [4.78, 5) is 14.3. The van der Waals surface area contributed by atoms with Gasteiger partial charge in [-0.05, 0) is 46.6 Å². The fourth-order valence-electron chi connectivity index (χ4n) is 3.32. The molecule has 118 valence electrons. The Morgan fingerprint density at radius 3 is 2.40 bits per heavy atom. The van der Waals surface area contributed by atoms with E-state index >= 15 is 0 Å². The molecule has 1 aliphatic rings. The van der Waals surface area contributed by atoms with E-state index in [-0.39, 0.29) is 11.9 Å². The van der Waals surface area contributed by atoms with Gasteiger partial charge in [0.2, 0.25) is 5.91 Å². The van der Waals surface area contributed by atoms with Gasteiger partial charge in [-0.1, -0.05) is 26.2 Å². The molecule has 0 aliphatic heterocycles. The first-order valence-corrected chi connectivity index (χ1v) is 8.20. The molecule has 1 fully saturated rings. The summed E-state index contributed by atoms with van der Waals surface area (Å²) >= 11 is 0. The van der Waals surface area contributed by atoms with E-state index in [1.54, 1.807) is 0 Å². The van der Waals surface area contributed by atoms with Crippen molar-refractivity contribution in [3.63, 3.8) is 0 Å². The Morgan fingerprint density at radius 1 is 1.35 bits per heavy atom. The predicted octanol–water partition coefficient (Wildman–Crippen LogP) is 2.27. The van der Waals surface area contributed by atoms with E-state index in [1.165, 1.54) is 32.1 Å². The average molecular weight is 283 g/mol. The lowest BCUT2D eigenvalue weighted by molar-refractivity contribution is -0.124. The molecule has 0 spiro atoms. The number of primary amides is 1. The SMILES string of the molecule is CCN(CCC(C)(NC(C)C)C(N)=O)C1CCCCC1. The molecule has 1 saturated carbocycles. The van der Waals surface area contributed by atoms with Crippen molar-refractivity contribution in [1.29, 1.82) is 0 Å². The van der Waals surface area contributed by atoms with Crippen LogP contribution in [0.1, 0.15) is 66.2 Å². The topological polar surface area (TPSA) is 58.4 Å². The molecule has 0 heterocycles. The van der Waals surface area contributed by atoms with Crippen molar-refractivity contribution in [2.24, 2.45) is 5.73 Å². The maximum atomic E-state index is 11.8. The van der Waals surface area contributed by atoms with E-state index < -0.39 is 5.54 Å². The summed E-state index contributed by atoms with van der Waals surface area (Å²) in [6, 6.07) is 0.960. The molecule has 0 saturated heterocycles. The molecule has 4 nitrogen and oxygen atoms in total. The van der Waals surface area contributed by atoms with Crippen LogP contribution in [-0.2, 0) is 4.79 Å². The third-order valence-electron chi connectivity index (χ3n) is 4.55. The van der Waals surface area contributed by atoms with Crippen LogP contribution in [0.25, 0.3) is 0 Å². The highest BCUT2D eigenvalue weighted by Gasteiger charge is 2.32. The maximum Gasteiger partial charge on any atom is 0.237 e. The summed E-state index contributed by atoms with van der Waals surface area (Å²) in [6.07, 6.45) is 7.46. The molecule has 0 radical (unpaired) electrons. The van der Waals surface area contributed by atoms with Crippen molar-refractivity contribution in [1.82, 2.24) is 10.2 Å². The zero-order valence-electron chi connectivity index (χ0n) is 13.7. The first kappa shape index (κ1) is 17.4. The van der Waals surface area contributed by atoms with Crippen LogP contribution in [0.3, 0.4) is 0 Å². The van der Waals surface area contributed by atoms with Crippen LogP contribution in [0.2, 0.25) is 0 Å². The molecule has 1 unspecified atom stereocenters. The van der Waals surface area contributed by atoms with Crippen LogP contribution in [0.15, 0.2) is 0 Å². The molecule has 20 heavy (non-hydrogen) atoms. The second-order valence-corrected chi connectivity index (χ2v) is 6.67. The normalized spacial score (nSPS) is 20.3. The van der Waals surface area contributed by atoms with E-state index in [0.717, 1.165) is 19.5 Å². The Bertz CT molecular complexity index is 300. The molecule has 1 amide bonds. The highest BCUT2D eigenvalue weighted by atomic mass is 16.1. The van der Waals surface area contributed by atoms with Crippen LogP contribution >= 0.6 is 0 Å². The molecule has 1 rings (SSSR count). The van der Waals surface area contributed by atoms with Gasteiger partial charge in [-0.15, -0.1) is 0 Å². The lowest BCUT2D eigenvalue weighted by atomic mass is 9.92. The number of carbonyl (C=O) groups excluding carboxylic acids is 1. The zero-order valence-corrected chi connectivity index (χ0v) is 13.7. The zero-order chi connectivity index (χ0) is 15.2. The van der Waals surface area contributed by atoms with Crippen molar-refractivity contribution in [3.05, 3.63) is 0 Å². The first-order valence-electron chi connectivity index (χ1n) is 8.20. The van der Waals surface area contributed by atoms with Crippen LogP contribution in [0.5, 0.6) is 0 Å². The van der Waals surface area contributed by atoms with Crippen molar-refractivity contribution < 1.29 is 4.79 Å². The van der Waals surface area contributed by atoms with Gasteiger partial charge in [0.1, 0.15) is 0 Å². The van der Waals surface area contributed by atoms with Gasteiger partial charge >= 0.3 is 0 Å². The first-order chi connectivity index (χ1) is 9.39. The largest absolute Gasteiger partial charge is 0.368 e. The van der Waals surface area contributed by atoms with E-state index in [2.05, 4.69) is 31.0 Å². The average Bonchev–Trinajstić information content (AvgIpc) is 2.39. The standard InChI is InChI=1S/C16H33N3O/c1-5-19(14-9-7-6-8-10-14)12-11-16(4,15(17)20)18-13(2)3/h13-14,18H,5-12H2,1-4H3,(H2,17,20). The molecule has 1 atom stereocenters. The summed E-state index contributed by atoms with van der Waals surface area (Å²) in [7, 11) is 0. The van der Waals surface area contributed by atoms with Crippen LogP contribution in [0, 0.1) is 0 Å². The Kier molecular flexibility index (Phi) is 6.96. The van der Waals surface area contributed by atoms with Gasteiger partial charge in [0.05, 0.1) is 5.54 Å². The van der Waals surface area contributed by atoms with Gasteiger partial charge in [0.25, 0.3) is 0 Å². The number of hydrogen-bond acceptors (Lipinski definition) is 3. The van der Waals surface area contributed by atoms with Gasteiger partial charge in [-0.3, -0.25) is 4.79 Å². The molecular formula is C16H33N3O. The predicted molar refractivity (Wildman–Crippen MR) is 84.6 cm³/mol. The van der Waals surface area contributed by atoms with Gasteiger partial charge in [0.15, 0.2) is 0 Å². The minimum atomic E-state index is -0.601. The van der Waals surface area contributed by atoms with E-state index in [1.807, 2.05) is 6.92 Å². The van der Waals surface area contributed by atoms with Gasteiger partial charge in [-0.2, -0.15) is 0 Å². The van der Waals surface area contributed by atoms with E-state index in [0.29, 0.717) is 6.04 Å². The summed E-state index contributed by atoms with van der Waals surface area (Å²) in [6.45, 7) is 10.3. The van der Waals surface area contributed by atoms with Gasteiger partial charge in [-0.25, -0.2) is 0 Å². The molecule has 4 heteroatoms. The molecule has 0 aromatic rings. The number of hydrogen-bond donors (Lipinski definition) is 2. The third kappa shape index (κ3) is 5.06. The fraction of sp³-hybridized carbons (Fsp3) is 0.938. The van der Waals surface area contributed by atoms with E-state index in [4.69, 9.17) is 5.73 Å². The Balaban J connectivity index is 2.57. The van der Waals surface area contributed by atoms with Gasteiger partial charge in [0, 0.05) is 18.6 Å². The minimum absolute atomic E-state index is 0.245. The Labute approximate surface area is 124 Å². The summed E-state index contributed by atoms with van der Waals surface area (Å²) in [5.74, 6) is -0.245. The van der Waals surface area contributed by atoms with Crippen molar-refractivity contribution >= 4 is 5.91 Å². The monoisotopic (exact) mass is 283 g/mol. The minimum Gasteiger partial charge on any atom is -0.368 e. The molecule has 0 aromatic heterocycles. The maximum absolute atomic E-state index is 11.8. The van der Waals surface area contributed by atoms with Crippen LogP contribution < -0.4 is 11.1 Å². The van der Waals surface area contributed by atoms with Crippen molar-refractivity contribution in [2.75, 3.05) is 13.1 Å². The molecule has 0 bridgehead atoms. The number of rotatable bonds is 8. The third-order valence-corrected chi connectivity index (χ3v) is 4.55. The second-order valence-electron chi connectivity index (χ2n) is 6.67. The molecule has 3 N–H and O–H groups in total. The quantitative estimate of drug-likeness (QED) is 0.718. The van der Waals surface area contributed by atoms with Crippen molar-refractivity contribution in [3.8, 4) is 0 Å². The number of amides is 1. The number of nitrogens with zero attached hydrogens (tertiary/aromatic N) is 1. The summed E-state index contributed by atoms with van der Waals surface area (Å²) in [5, 5.41) is 3.34.